The summed E-state index contributed by atoms with van der Waals surface area (Å²) in [4.78, 5) is 12.2. The van der Waals surface area contributed by atoms with Gasteiger partial charge in [-0.15, -0.1) is 0 Å². The second-order valence-corrected chi connectivity index (χ2v) is 6.38. The van der Waals surface area contributed by atoms with Crippen LogP contribution in [0.1, 0.15) is 21.5 Å². The van der Waals surface area contributed by atoms with E-state index in [1.165, 1.54) is 6.08 Å². The van der Waals surface area contributed by atoms with Crippen LogP contribution in [0.2, 0.25) is 0 Å². The lowest BCUT2D eigenvalue weighted by Gasteiger charge is -2.01. The molecule has 2 rings (SSSR count). The van der Waals surface area contributed by atoms with Crippen molar-refractivity contribution in [2.45, 2.75) is 0 Å². The van der Waals surface area contributed by atoms with Gasteiger partial charge in [0, 0.05) is 22.8 Å². The molecule has 0 aliphatic carbocycles. The molecule has 2 aromatic carbocycles. The molecular weight excluding hydrogens is 272 g/mol. The van der Waals surface area contributed by atoms with Crippen molar-refractivity contribution < 1.29 is 13.2 Å². The van der Waals surface area contributed by atoms with E-state index in [1.807, 2.05) is 18.2 Å². The SMILES string of the molecule is CS(=O)(=O)/C=C/c1ccc(C(=O)c2ccccc2)cc1. The molecule has 0 aliphatic heterocycles. The molecule has 0 amide bonds. The van der Waals surface area contributed by atoms with Crippen molar-refractivity contribution in [3.8, 4) is 0 Å². The second kappa shape index (κ2) is 5.84. The van der Waals surface area contributed by atoms with Crippen LogP contribution in [0.4, 0.5) is 0 Å². The minimum absolute atomic E-state index is 0.0516. The zero-order chi connectivity index (χ0) is 14.6. The van der Waals surface area contributed by atoms with Gasteiger partial charge in [-0.3, -0.25) is 4.79 Å². The van der Waals surface area contributed by atoms with Crippen molar-refractivity contribution in [1.29, 1.82) is 0 Å². The molecular formula is C16H14O3S. The number of sulfone groups is 1. The summed E-state index contributed by atoms with van der Waals surface area (Å²) < 4.78 is 22.0. The Labute approximate surface area is 118 Å². The van der Waals surface area contributed by atoms with Gasteiger partial charge in [0.15, 0.2) is 15.6 Å². The number of carbonyl (C=O) groups excluding carboxylic acids is 1. The summed E-state index contributed by atoms with van der Waals surface area (Å²) in [6, 6.07) is 15.8. The van der Waals surface area contributed by atoms with Crippen LogP contribution in [0.25, 0.3) is 6.08 Å². The van der Waals surface area contributed by atoms with E-state index in [9.17, 15) is 13.2 Å². The maximum absolute atomic E-state index is 12.2. The van der Waals surface area contributed by atoms with E-state index in [-0.39, 0.29) is 5.78 Å². The van der Waals surface area contributed by atoms with Crippen LogP contribution in [0.15, 0.2) is 60.0 Å². The largest absolute Gasteiger partial charge is 0.289 e. The minimum atomic E-state index is -3.14. The van der Waals surface area contributed by atoms with E-state index < -0.39 is 9.84 Å². The number of hydrogen-bond acceptors (Lipinski definition) is 3. The van der Waals surface area contributed by atoms with Crippen LogP contribution in [0.5, 0.6) is 0 Å². The van der Waals surface area contributed by atoms with Crippen molar-refractivity contribution in [2.24, 2.45) is 0 Å². The fraction of sp³-hybridized carbons (Fsp3) is 0.0625. The first-order valence-corrected chi connectivity index (χ1v) is 7.99. The molecule has 0 heterocycles. The third-order valence-electron chi connectivity index (χ3n) is 2.72. The number of benzene rings is 2. The summed E-state index contributed by atoms with van der Waals surface area (Å²) in [6.07, 6.45) is 2.64. The summed E-state index contributed by atoms with van der Waals surface area (Å²) in [7, 11) is -3.14. The Kier molecular flexibility index (Phi) is 4.15. The molecule has 0 atom stereocenters. The Morgan fingerprint density at radius 3 is 2.00 bits per heavy atom. The molecule has 0 unspecified atom stereocenters. The van der Waals surface area contributed by atoms with Crippen LogP contribution in [0, 0.1) is 0 Å². The number of carbonyl (C=O) groups is 1. The molecule has 0 fully saturated rings. The van der Waals surface area contributed by atoms with Crippen LogP contribution >= 0.6 is 0 Å². The predicted molar refractivity (Wildman–Crippen MR) is 80.2 cm³/mol. The highest BCUT2D eigenvalue weighted by atomic mass is 32.2. The van der Waals surface area contributed by atoms with Gasteiger partial charge in [0.2, 0.25) is 0 Å². The Hall–Kier alpha value is -2.20. The van der Waals surface area contributed by atoms with Crippen LogP contribution in [-0.2, 0) is 9.84 Å². The maximum Gasteiger partial charge on any atom is 0.193 e. The van der Waals surface area contributed by atoms with E-state index in [1.54, 1.807) is 36.4 Å². The molecule has 0 saturated carbocycles. The van der Waals surface area contributed by atoms with E-state index >= 15 is 0 Å². The quantitative estimate of drug-likeness (QED) is 0.812. The van der Waals surface area contributed by atoms with Gasteiger partial charge in [0.05, 0.1) is 0 Å². The first-order valence-electron chi connectivity index (χ1n) is 6.04. The standard InChI is InChI=1S/C16H14O3S/c1-20(18,19)12-11-13-7-9-15(10-8-13)16(17)14-5-3-2-4-6-14/h2-12H,1H3/b12-11+. The molecule has 0 spiro atoms. The lowest BCUT2D eigenvalue weighted by Crippen LogP contribution is -2.00. The Morgan fingerprint density at radius 2 is 1.45 bits per heavy atom. The summed E-state index contributed by atoms with van der Waals surface area (Å²) in [5.41, 5.74) is 1.94. The smallest absolute Gasteiger partial charge is 0.193 e. The zero-order valence-corrected chi connectivity index (χ0v) is 11.8. The van der Waals surface area contributed by atoms with Crippen molar-refractivity contribution in [1.82, 2.24) is 0 Å². The number of hydrogen-bond donors (Lipinski definition) is 0. The average molecular weight is 286 g/mol. The van der Waals surface area contributed by atoms with Gasteiger partial charge in [-0.2, -0.15) is 0 Å². The van der Waals surface area contributed by atoms with Gasteiger partial charge in [0.1, 0.15) is 0 Å². The Balaban J connectivity index is 2.21. The maximum atomic E-state index is 12.2. The third kappa shape index (κ3) is 3.90. The molecule has 20 heavy (non-hydrogen) atoms. The van der Waals surface area contributed by atoms with Gasteiger partial charge in [-0.25, -0.2) is 8.42 Å². The Bertz CT molecular complexity index is 727. The average Bonchev–Trinajstić information content (AvgIpc) is 2.45. The molecule has 0 aliphatic rings. The van der Waals surface area contributed by atoms with Crippen molar-refractivity contribution in [3.05, 3.63) is 76.7 Å². The molecule has 0 bridgehead atoms. The van der Waals surface area contributed by atoms with Gasteiger partial charge < -0.3 is 0 Å². The molecule has 0 saturated heterocycles. The van der Waals surface area contributed by atoms with E-state index in [0.29, 0.717) is 11.1 Å². The van der Waals surface area contributed by atoms with Crippen molar-refractivity contribution >= 4 is 21.7 Å². The number of rotatable bonds is 4. The highest BCUT2D eigenvalue weighted by Gasteiger charge is 2.07. The first kappa shape index (κ1) is 14.2. The second-order valence-electron chi connectivity index (χ2n) is 4.45. The fourth-order valence-electron chi connectivity index (χ4n) is 1.70. The van der Waals surface area contributed by atoms with Crippen LogP contribution < -0.4 is 0 Å². The van der Waals surface area contributed by atoms with Crippen molar-refractivity contribution in [3.63, 3.8) is 0 Å². The topological polar surface area (TPSA) is 51.2 Å². The van der Waals surface area contributed by atoms with Gasteiger partial charge in [0.25, 0.3) is 0 Å². The highest BCUT2D eigenvalue weighted by molar-refractivity contribution is 7.93. The Morgan fingerprint density at radius 1 is 0.900 bits per heavy atom. The number of ketones is 1. The van der Waals surface area contributed by atoms with Crippen molar-refractivity contribution in [2.75, 3.05) is 6.26 Å². The third-order valence-corrected chi connectivity index (χ3v) is 3.35. The van der Waals surface area contributed by atoms with Gasteiger partial charge in [-0.05, 0) is 11.6 Å². The zero-order valence-electron chi connectivity index (χ0n) is 11.0. The van der Waals surface area contributed by atoms with E-state index in [0.717, 1.165) is 17.2 Å². The van der Waals surface area contributed by atoms with Gasteiger partial charge >= 0.3 is 0 Å². The van der Waals surface area contributed by atoms with E-state index in [2.05, 4.69) is 0 Å². The molecule has 0 radical (unpaired) electrons. The summed E-state index contributed by atoms with van der Waals surface area (Å²) in [5.74, 6) is -0.0516. The fourth-order valence-corrected chi connectivity index (χ4v) is 2.11. The summed E-state index contributed by atoms with van der Waals surface area (Å²) in [6.45, 7) is 0. The first-order chi connectivity index (χ1) is 9.46. The summed E-state index contributed by atoms with van der Waals surface area (Å²) >= 11 is 0. The molecule has 3 nitrogen and oxygen atoms in total. The lowest BCUT2D eigenvalue weighted by molar-refractivity contribution is 0.103. The normalized spacial score (nSPS) is 11.7. The van der Waals surface area contributed by atoms with E-state index in [4.69, 9.17) is 0 Å². The molecule has 2 aromatic rings. The molecule has 0 N–H and O–H groups in total. The van der Waals surface area contributed by atoms with Gasteiger partial charge in [-0.1, -0.05) is 54.6 Å². The monoisotopic (exact) mass is 286 g/mol. The van der Waals surface area contributed by atoms with Crippen LogP contribution in [0.3, 0.4) is 0 Å². The van der Waals surface area contributed by atoms with Crippen LogP contribution in [-0.4, -0.2) is 20.5 Å². The molecule has 102 valence electrons. The minimum Gasteiger partial charge on any atom is -0.289 e. The predicted octanol–water partition coefficient (Wildman–Crippen LogP) is 2.93. The molecule has 0 aromatic heterocycles. The summed E-state index contributed by atoms with van der Waals surface area (Å²) in [5, 5.41) is 1.14. The highest BCUT2D eigenvalue weighted by Crippen LogP contribution is 2.12. The lowest BCUT2D eigenvalue weighted by atomic mass is 10.0. The molecule has 4 heteroatoms.